The lowest BCUT2D eigenvalue weighted by atomic mass is 9.38. The molecule has 5 fully saturated rings. The lowest BCUT2D eigenvalue weighted by Crippen LogP contribution is -2.74. The number of ether oxygens (including phenoxy) is 1. The largest absolute Gasteiger partial charge is 0.392 e. The lowest BCUT2D eigenvalue weighted by molar-refractivity contribution is -0.266. The van der Waals surface area contributed by atoms with Crippen molar-refractivity contribution in [3.63, 3.8) is 0 Å². The molecule has 6 heteroatoms. The van der Waals surface area contributed by atoms with E-state index < -0.39 is 58.8 Å². The molecular formula is C20H28O6. The molecule has 144 valence electrons. The van der Waals surface area contributed by atoms with Crippen LogP contribution in [0.15, 0.2) is 12.2 Å². The van der Waals surface area contributed by atoms with Crippen molar-refractivity contribution >= 4 is 5.78 Å². The third kappa shape index (κ3) is 1.54. The first-order chi connectivity index (χ1) is 12.1. The van der Waals surface area contributed by atoms with Crippen LogP contribution in [0.1, 0.15) is 39.5 Å². The van der Waals surface area contributed by atoms with Crippen LogP contribution < -0.4 is 0 Å². The predicted molar refractivity (Wildman–Crippen MR) is 90.6 cm³/mol. The van der Waals surface area contributed by atoms with E-state index in [0.29, 0.717) is 31.3 Å². The summed E-state index contributed by atoms with van der Waals surface area (Å²) in [5.41, 5.74) is -2.17. The summed E-state index contributed by atoms with van der Waals surface area (Å²) in [6.07, 6.45) is -2.82. The number of fused-ring (bicyclic) bond motifs is 1. The van der Waals surface area contributed by atoms with Gasteiger partial charge in [-0.2, -0.15) is 0 Å². The monoisotopic (exact) mass is 364 g/mol. The third-order valence-corrected chi connectivity index (χ3v) is 8.72. The van der Waals surface area contributed by atoms with E-state index in [-0.39, 0.29) is 11.7 Å². The van der Waals surface area contributed by atoms with Crippen molar-refractivity contribution in [2.45, 2.75) is 70.2 Å². The number of Topliss-reactive ketones (excluding diaryl/α,β-unsaturated/α-hetero) is 1. The van der Waals surface area contributed by atoms with E-state index >= 15 is 0 Å². The van der Waals surface area contributed by atoms with Gasteiger partial charge in [-0.05, 0) is 42.6 Å². The summed E-state index contributed by atoms with van der Waals surface area (Å²) in [7, 11) is 0. The van der Waals surface area contributed by atoms with Crippen LogP contribution in [0.25, 0.3) is 0 Å². The molecule has 6 nitrogen and oxygen atoms in total. The van der Waals surface area contributed by atoms with Crippen molar-refractivity contribution in [1.82, 2.24) is 0 Å². The Morgan fingerprint density at radius 2 is 1.85 bits per heavy atom. The minimum absolute atomic E-state index is 0.0601. The average molecular weight is 364 g/mol. The Morgan fingerprint density at radius 1 is 1.15 bits per heavy atom. The Kier molecular flexibility index (Phi) is 3.19. The van der Waals surface area contributed by atoms with Crippen LogP contribution >= 0.6 is 0 Å². The molecule has 1 aliphatic heterocycles. The number of aliphatic hydroxyl groups is 4. The van der Waals surface area contributed by atoms with Gasteiger partial charge >= 0.3 is 0 Å². The summed E-state index contributed by atoms with van der Waals surface area (Å²) in [5.74, 6) is -1.54. The van der Waals surface area contributed by atoms with Crippen molar-refractivity contribution in [2.75, 3.05) is 0 Å². The zero-order valence-corrected chi connectivity index (χ0v) is 15.3. The standard InChI is InChI=1S/C20H28O6/c1-8-9-6-10-13-19(7-9,15(8)23)16(24)12(22)14-18(2,3)5-4-11(21)20(13,14)17(25)26-10/h9-15,17,21-23,25H,1,4-7H2,2-3H3. The van der Waals surface area contributed by atoms with Gasteiger partial charge in [0, 0.05) is 11.8 Å². The van der Waals surface area contributed by atoms with Crippen LogP contribution in [0.4, 0.5) is 0 Å². The Bertz CT molecular complexity index is 702. The average Bonchev–Trinajstić information content (AvgIpc) is 2.97. The van der Waals surface area contributed by atoms with Gasteiger partial charge in [0.15, 0.2) is 12.1 Å². The highest BCUT2D eigenvalue weighted by atomic mass is 16.6. The highest BCUT2D eigenvalue weighted by Crippen LogP contribution is 2.74. The Balaban J connectivity index is 1.80. The maximum atomic E-state index is 13.5. The fraction of sp³-hybridized carbons (Fsp3) is 0.850. The molecule has 1 heterocycles. The number of ketones is 1. The number of carbonyl (C=O) groups is 1. The molecule has 2 bridgehead atoms. The van der Waals surface area contributed by atoms with Crippen molar-refractivity contribution in [3.05, 3.63) is 12.2 Å². The van der Waals surface area contributed by atoms with Crippen molar-refractivity contribution in [2.24, 2.45) is 34.0 Å². The maximum Gasteiger partial charge on any atom is 0.171 e. The number of carbonyl (C=O) groups excluding carboxylic acids is 1. The second-order valence-corrected chi connectivity index (χ2v) is 9.99. The number of hydrogen-bond acceptors (Lipinski definition) is 6. The topological polar surface area (TPSA) is 107 Å². The molecule has 5 aliphatic rings. The van der Waals surface area contributed by atoms with Crippen molar-refractivity contribution in [1.29, 1.82) is 0 Å². The van der Waals surface area contributed by atoms with E-state index in [1.165, 1.54) is 0 Å². The minimum Gasteiger partial charge on any atom is -0.392 e. The molecule has 0 aromatic heterocycles. The molecule has 26 heavy (non-hydrogen) atoms. The van der Waals surface area contributed by atoms with Gasteiger partial charge in [0.2, 0.25) is 0 Å². The highest BCUT2D eigenvalue weighted by molar-refractivity contribution is 5.93. The number of rotatable bonds is 0. The predicted octanol–water partition coefficient (Wildman–Crippen LogP) is 0.374. The van der Waals surface area contributed by atoms with Gasteiger partial charge in [0.1, 0.15) is 6.10 Å². The van der Waals surface area contributed by atoms with Gasteiger partial charge in [-0.15, -0.1) is 0 Å². The quantitative estimate of drug-likeness (QED) is 0.463. The van der Waals surface area contributed by atoms with Gasteiger partial charge in [-0.3, -0.25) is 4.79 Å². The SMILES string of the molecule is C=C1C2CC3OC(O)C45C(O)CCC(C)(C)C4C(O)C(=O)C(C2)(C1O)C35. The summed E-state index contributed by atoms with van der Waals surface area (Å²) in [4.78, 5) is 13.5. The fourth-order valence-electron chi connectivity index (χ4n) is 7.86. The molecule has 4 N–H and O–H groups in total. The van der Waals surface area contributed by atoms with Gasteiger partial charge in [0.05, 0.1) is 29.1 Å². The minimum atomic E-state index is -1.34. The fourth-order valence-corrected chi connectivity index (χ4v) is 7.86. The van der Waals surface area contributed by atoms with Gasteiger partial charge in [-0.1, -0.05) is 20.4 Å². The number of aliphatic hydroxyl groups excluding tert-OH is 4. The molecular weight excluding hydrogens is 336 g/mol. The van der Waals surface area contributed by atoms with E-state index in [2.05, 4.69) is 6.58 Å². The molecule has 0 radical (unpaired) electrons. The molecule has 0 amide bonds. The van der Waals surface area contributed by atoms with Crippen molar-refractivity contribution < 1.29 is 30.0 Å². The molecule has 4 aliphatic carbocycles. The zero-order chi connectivity index (χ0) is 18.8. The lowest BCUT2D eigenvalue weighted by Gasteiger charge is -2.64. The molecule has 0 aromatic rings. The highest BCUT2D eigenvalue weighted by Gasteiger charge is 2.82. The first kappa shape index (κ1) is 17.3. The summed E-state index contributed by atoms with van der Waals surface area (Å²) < 4.78 is 5.95. The second kappa shape index (κ2) is 4.78. The van der Waals surface area contributed by atoms with E-state index in [1.807, 2.05) is 13.8 Å². The second-order valence-electron chi connectivity index (χ2n) is 9.99. The maximum absolute atomic E-state index is 13.5. The Morgan fingerprint density at radius 3 is 2.54 bits per heavy atom. The molecule has 10 atom stereocenters. The molecule has 5 rings (SSSR count). The van der Waals surface area contributed by atoms with Crippen LogP contribution in [0.3, 0.4) is 0 Å². The third-order valence-electron chi connectivity index (χ3n) is 8.72. The van der Waals surface area contributed by atoms with Crippen LogP contribution in [0, 0.1) is 34.0 Å². The van der Waals surface area contributed by atoms with E-state index in [9.17, 15) is 25.2 Å². The summed E-state index contributed by atoms with van der Waals surface area (Å²) in [5, 5.41) is 44.4. The molecule has 0 aromatic carbocycles. The molecule has 4 saturated carbocycles. The smallest absolute Gasteiger partial charge is 0.171 e. The zero-order valence-electron chi connectivity index (χ0n) is 15.3. The first-order valence-electron chi connectivity index (χ1n) is 9.71. The van der Waals surface area contributed by atoms with Gasteiger partial charge in [-0.25, -0.2) is 0 Å². The summed E-state index contributed by atoms with van der Waals surface area (Å²) >= 11 is 0. The molecule has 2 spiro atoms. The van der Waals surface area contributed by atoms with Gasteiger partial charge in [0.25, 0.3) is 0 Å². The molecule has 1 saturated heterocycles. The van der Waals surface area contributed by atoms with E-state index in [1.54, 1.807) is 0 Å². The number of hydrogen-bond donors (Lipinski definition) is 4. The Hall–Kier alpha value is -0.790. The van der Waals surface area contributed by atoms with Crippen LogP contribution in [0.5, 0.6) is 0 Å². The van der Waals surface area contributed by atoms with Crippen molar-refractivity contribution in [3.8, 4) is 0 Å². The van der Waals surface area contributed by atoms with Gasteiger partial charge < -0.3 is 25.2 Å². The van der Waals surface area contributed by atoms with E-state index in [0.717, 1.165) is 0 Å². The van der Waals surface area contributed by atoms with Crippen LogP contribution in [-0.2, 0) is 9.53 Å². The summed E-state index contributed by atoms with van der Waals surface area (Å²) in [6, 6.07) is 0. The normalized spacial score (nSPS) is 59.9. The van der Waals surface area contributed by atoms with Crippen LogP contribution in [0.2, 0.25) is 0 Å². The van der Waals surface area contributed by atoms with Crippen LogP contribution in [-0.4, -0.2) is 56.9 Å². The first-order valence-corrected chi connectivity index (χ1v) is 9.71. The summed E-state index contributed by atoms with van der Waals surface area (Å²) in [6.45, 7) is 7.97. The molecule has 10 unspecified atom stereocenters. The Labute approximate surface area is 152 Å². The van der Waals surface area contributed by atoms with E-state index in [4.69, 9.17) is 4.74 Å².